The summed E-state index contributed by atoms with van der Waals surface area (Å²) in [5, 5.41) is -0.322. The molecule has 0 fully saturated rings. The van der Waals surface area contributed by atoms with Crippen LogP contribution in [0.4, 0.5) is 0 Å². The molecule has 11 heavy (non-hydrogen) atoms. The van der Waals surface area contributed by atoms with Crippen molar-refractivity contribution in [1.82, 2.24) is 0 Å². The zero-order valence-electron chi connectivity index (χ0n) is 5.97. The highest BCUT2D eigenvalue weighted by atomic mass is 32.2. The molecule has 0 aromatic carbocycles. The minimum Gasteiger partial charge on any atom is -0.281 e. The molecule has 1 N–H and O–H groups in total. The van der Waals surface area contributed by atoms with Gasteiger partial charge in [0.15, 0.2) is 0 Å². The third-order valence-corrected chi connectivity index (χ3v) is 1.97. The summed E-state index contributed by atoms with van der Waals surface area (Å²) in [5.41, 5.74) is 0.510. The van der Waals surface area contributed by atoms with Gasteiger partial charge in [0.2, 0.25) is 0 Å². The predicted octanol–water partition coefficient (Wildman–Crippen LogP) is 0.778. The molecule has 1 unspecified atom stereocenters. The van der Waals surface area contributed by atoms with E-state index >= 15 is 0 Å². The van der Waals surface area contributed by atoms with Crippen LogP contribution >= 0.6 is 11.8 Å². The Labute approximate surface area is 70.2 Å². The molecule has 0 aliphatic heterocycles. The topological polar surface area (TPSA) is 66.7 Å². The van der Waals surface area contributed by atoms with Crippen molar-refractivity contribution in [3.63, 3.8) is 0 Å². The third-order valence-electron chi connectivity index (χ3n) is 0.784. The summed E-state index contributed by atoms with van der Waals surface area (Å²) in [6, 6.07) is 0. The lowest BCUT2D eigenvalue weighted by molar-refractivity contribution is 0.499. The molecule has 0 aliphatic rings. The lowest BCUT2D eigenvalue weighted by atomic mass is 10.6. The van der Waals surface area contributed by atoms with Crippen LogP contribution in [0.25, 0.3) is 0 Å². The zero-order chi connectivity index (χ0) is 8.91. The number of thioether (sulfide) groups is 1. The highest BCUT2D eigenvalue weighted by molar-refractivity contribution is 8.00. The Balaban J connectivity index is 4.22. The molecular formula is C5H9NO3S2. The Hall–Kier alpha value is -0.330. The average Bonchev–Trinajstić information content (AvgIpc) is 1.88. The van der Waals surface area contributed by atoms with Gasteiger partial charge in [-0.25, -0.2) is 0 Å². The second kappa shape index (κ2) is 4.53. The van der Waals surface area contributed by atoms with E-state index in [0.29, 0.717) is 5.55 Å². The Bertz CT molecular complexity index is 244. The third kappa shape index (κ3) is 6.08. The highest BCUT2D eigenvalue weighted by Crippen LogP contribution is 2.07. The molecule has 0 amide bonds. The van der Waals surface area contributed by atoms with Gasteiger partial charge in [0, 0.05) is 0 Å². The lowest BCUT2D eigenvalue weighted by Gasteiger charge is -1.98. The standard InChI is InChI=1S/C5H9NO3S2/c1-3-5(10-2)6-4-11(7,8)9/h3-5H,1H2,2H3,(H,7,8,9)/b6-4+. The van der Waals surface area contributed by atoms with Crippen LogP contribution in [-0.2, 0) is 10.1 Å². The number of aliphatic imine (C=N–C) groups is 1. The fourth-order valence-corrected chi connectivity index (χ4v) is 1.09. The molecule has 1 atom stereocenters. The van der Waals surface area contributed by atoms with E-state index in [1.807, 2.05) is 0 Å². The summed E-state index contributed by atoms with van der Waals surface area (Å²) < 4.78 is 28.5. The molecule has 0 spiro atoms. The van der Waals surface area contributed by atoms with E-state index in [0.717, 1.165) is 0 Å². The van der Waals surface area contributed by atoms with Gasteiger partial charge in [0.1, 0.15) is 10.9 Å². The van der Waals surface area contributed by atoms with Gasteiger partial charge in [-0.15, -0.1) is 18.3 Å². The summed E-state index contributed by atoms with van der Waals surface area (Å²) in [7, 11) is -4.09. The first-order valence-corrected chi connectivity index (χ1v) is 5.44. The lowest BCUT2D eigenvalue weighted by Crippen LogP contribution is -2.01. The Morgan fingerprint density at radius 1 is 1.73 bits per heavy atom. The molecular weight excluding hydrogens is 186 g/mol. The SMILES string of the molecule is C=CC(/N=C/S(=O)(=O)O)SC. The van der Waals surface area contributed by atoms with Crippen molar-refractivity contribution in [2.45, 2.75) is 5.37 Å². The number of hydrogen-bond acceptors (Lipinski definition) is 4. The fourth-order valence-electron chi connectivity index (χ4n) is 0.355. The van der Waals surface area contributed by atoms with Crippen LogP contribution in [-0.4, -0.2) is 30.1 Å². The molecule has 0 rings (SSSR count). The number of hydrogen-bond donors (Lipinski definition) is 1. The molecule has 0 radical (unpaired) electrons. The number of nitrogens with zero attached hydrogens (tertiary/aromatic N) is 1. The van der Waals surface area contributed by atoms with Crippen LogP contribution in [0.5, 0.6) is 0 Å². The summed E-state index contributed by atoms with van der Waals surface area (Å²) in [6.45, 7) is 3.42. The second-order valence-electron chi connectivity index (χ2n) is 1.63. The Morgan fingerprint density at radius 3 is 2.55 bits per heavy atom. The van der Waals surface area contributed by atoms with Crippen LogP contribution < -0.4 is 0 Å². The van der Waals surface area contributed by atoms with Crippen LogP contribution in [0.1, 0.15) is 0 Å². The monoisotopic (exact) mass is 195 g/mol. The van der Waals surface area contributed by atoms with Crippen molar-refractivity contribution < 1.29 is 13.0 Å². The second-order valence-corrected chi connectivity index (χ2v) is 3.83. The van der Waals surface area contributed by atoms with Gasteiger partial charge in [-0.1, -0.05) is 6.08 Å². The van der Waals surface area contributed by atoms with Crippen molar-refractivity contribution in [3.05, 3.63) is 12.7 Å². The summed E-state index contributed by atoms with van der Waals surface area (Å²) >= 11 is 1.32. The van der Waals surface area contributed by atoms with Crippen LogP contribution in [0, 0.1) is 0 Å². The Kier molecular flexibility index (Phi) is 4.39. The maximum Gasteiger partial charge on any atom is 0.304 e. The van der Waals surface area contributed by atoms with E-state index in [1.165, 1.54) is 17.8 Å². The van der Waals surface area contributed by atoms with Crippen LogP contribution in [0.3, 0.4) is 0 Å². The predicted molar refractivity (Wildman–Crippen MR) is 47.5 cm³/mol. The van der Waals surface area contributed by atoms with E-state index in [9.17, 15) is 8.42 Å². The summed E-state index contributed by atoms with van der Waals surface area (Å²) in [4.78, 5) is 3.51. The van der Waals surface area contributed by atoms with Crippen molar-refractivity contribution in [3.8, 4) is 0 Å². The molecule has 0 saturated heterocycles. The van der Waals surface area contributed by atoms with Crippen molar-refractivity contribution >= 4 is 27.4 Å². The van der Waals surface area contributed by atoms with Crippen LogP contribution in [0.15, 0.2) is 17.6 Å². The molecule has 0 aliphatic carbocycles. The molecule has 0 aromatic rings. The smallest absolute Gasteiger partial charge is 0.281 e. The molecule has 0 heterocycles. The largest absolute Gasteiger partial charge is 0.304 e. The Morgan fingerprint density at radius 2 is 2.27 bits per heavy atom. The first-order valence-electron chi connectivity index (χ1n) is 2.65. The van der Waals surface area contributed by atoms with E-state index in [2.05, 4.69) is 11.6 Å². The number of rotatable bonds is 4. The molecule has 6 heteroatoms. The van der Waals surface area contributed by atoms with Crippen molar-refractivity contribution in [1.29, 1.82) is 0 Å². The van der Waals surface area contributed by atoms with Gasteiger partial charge < -0.3 is 0 Å². The van der Waals surface area contributed by atoms with Crippen molar-refractivity contribution in [2.24, 2.45) is 4.99 Å². The first-order chi connectivity index (χ1) is 4.99. The van der Waals surface area contributed by atoms with Gasteiger partial charge in [-0.2, -0.15) is 8.42 Å². The van der Waals surface area contributed by atoms with Crippen molar-refractivity contribution in [2.75, 3.05) is 6.26 Å². The minimum atomic E-state index is -4.09. The average molecular weight is 195 g/mol. The summed E-state index contributed by atoms with van der Waals surface area (Å²) in [6.07, 6.45) is 3.24. The quantitative estimate of drug-likeness (QED) is 0.311. The molecule has 0 aromatic heterocycles. The first kappa shape index (κ1) is 10.7. The van der Waals surface area contributed by atoms with Gasteiger partial charge in [0.05, 0.1) is 0 Å². The molecule has 0 saturated carbocycles. The molecule has 64 valence electrons. The molecule has 4 nitrogen and oxygen atoms in total. The maximum atomic E-state index is 10.1. The summed E-state index contributed by atoms with van der Waals surface area (Å²) in [5.74, 6) is 0. The van der Waals surface area contributed by atoms with E-state index < -0.39 is 10.1 Å². The molecule has 0 bridgehead atoms. The normalized spacial score (nSPS) is 15.1. The maximum absolute atomic E-state index is 10.1. The van der Waals surface area contributed by atoms with Gasteiger partial charge >= 0.3 is 10.1 Å². The minimum absolute atomic E-state index is 0.322. The van der Waals surface area contributed by atoms with E-state index in [-0.39, 0.29) is 5.37 Å². The highest BCUT2D eigenvalue weighted by Gasteiger charge is 2.00. The van der Waals surface area contributed by atoms with Gasteiger partial charge in [-0.3, -0.25) is 9.55 Å². The van der Waals surface area contributed by atoms with E-state index in [4.69, 9.17) is 4.55 Å². The van der Waals surface area contributed by atoms with Gasteiger partial charge in [-0.05, 0) is 6.26 Å². The zero-order valence-corrected chi connectivity index (χ0v) is 7.60. The van der Waals surface area contributed by atoms with Gasteiger partial charge in [0.25, 0.3) is 0 Å². The van der Waals surface area contributed by atoms with E-state index in [1.54, 1.807) is 6.26 Å². The fraction of sp³-hybridized carbons (Fsp3) is 0.400. The van der Waals surface area contributed by atoms with Crippen LogP contribution in [0.2, 0.25) is 0 Å².